The number of hydrogen-bond acceptors (Lipinski definition) is 8. The Kier molecular flexibility index (Phi) is 12.6. The number of amides is 1. The molecule has 0 heterocycles. The predicted molar refractivity (Wildman–Crippen MR) is 110 cm³/mol. The first-order valence-electron chi connectivity index (χ1n) is 9.53. The third kappa shape index (κ3) is 11.9. The second-order valence-corrected chi connectivity index (χ2v) is 7.05. The predicted octanol–water partition coefficient (Wildman–Crippen LogP) is 1.20. The zero-order valence-corrected chi connectivity index (χ0v) is 18.2. The summed E-state index contributed by atoms with van der Waals surface area (Å²) in [5, 5.41) is 2.64. The van der Waals surface area contributed by atoms with Crippen molar-refractivity contribution in [3.8, 4) is 0 Å². The smallest absolute Gasteiger partial charge is 0.408 e. The molecule has 0 fully saturated rings. The molecule has 0 aromatic rings. The molecule has 0 aromatic carbocycles. The standard InChI is InChI=1S/C20H35N3O6/c1-8-17(24)27-14-20(5,15-28-18(25)9-2)21-19(26)29-16(12-22(6)10-3)13-23(7)11-4/h8-9,16H,1-2,10-15H2,3-7H3,(H,21,26). The number of nitrogens with one attached hydrogen (secondary N) is 1. The van der Waals surface area contributed by atoms with E-state index < -0.39 is 23.6 Å². The molecular weight excluding hydrogens is 378 g/mol. The fourth-order valence-corrected chi connectivity index (χ4v) is 2.21. The van der Waals surface area contributed by atoms with Crippen molar-refractivity contribution in [2.75, 3.05) is 53.5 Å². The summed E-state index contributed by atoms with van der Waals surface area (Å²) in [7, 11) is 3.88. The monoisotopic (exact) mass is 413 g/mol. The Balaban J connectivity index is 5.14. The molecule has 9 heteroatoms. The first-order chi connectivity index (χ1) is 13.6. The average Bonchev–Trinajstić information content (AvgIpc) is 2.69. The van der Waals surface area contributed by atoms with Crippen LogP contribution in [0.25, 0.3) is 0 Å². The Morgan fingerprint density at radius 2 is 1.38 bits per heavy atom. The van der Waals surface area contributed by atoms with Gasteiger partial charge in [-0.25, -0.2) is 14.4 Å². The number of alkyl carbamates (subject to hydrolysis) is 1. The fourth-order valence-electron chi connectivity index (χ4n) is 2.21. The van der Waals surface area contributed by atoms with Crippen LogP contribution in [0.1, 0.15) is 20.8 Å². The van der Waals surface area contributed by atoms with Crippen molar-refractivity contribution in [2.45, 2.75) is 32.4 Å². The van der Waals surface area contributed by atoms with E-state index in [9.17, 15) is 14.4 Å². The Labute approximate surface area is 173 Å². The highest BCUT2D eigenvalue weighted by Crippen LogP contribution is 2.09. The minimum Gasteiger partial charge on any atom is -0.460 e. The van der Waals surface area contributed by atoms with Crippen LogP contribution in [0.15, 0.2) is 25.3 Å². The largest absolute Gasteiger partial charge is 0.460 e. The number of hydrogen-bond donors (Lipinski definition) is 1. The Morgan fingerprint density at radius 3 is 1.72 bits per heavy atom. The first kappa shape index (κ1) is 26.6. The van der Waals surface area contributed by atoms with E-state index >= 15 is 0 Å². The number of rotatable bonds is 14. The molecule has 0 saturated carbocycles. The summed E-state index contributed by atoms with van der Waals surface area (Å²) in [4.78, 5) is 39.4. The molecule has 0 aromatic heterocycles. The summed E-state index contributed by atoms with van der Waals surface area (Å²) < 4.78 is 15.7. The minimum atomic E-state index is -1.19. The Bertz CT molecular complexity index is 530. The van der Waals surface area contributed by atoms with Crippen molar-refractivity contribution in [1.82, 2.24) is 15.1 Å². The van der Waals surface area contributed by atoms with Gasteiger partial charge in [-0.15, -0.1) is 0 Å². The number of carbonyl (C=O) groups excluding carboxylic acids is 3. The number of esters is 2. The molecule has 0 aliphatic rings. The van der Waals surface area contributed by atoms with Gasteiger partial charge in [0.05, 0.1) is 0 Å². The molecule has 29 heavy (non-hydrogen) atoms. The summed E-state index contributed by atoms with van der Waals surface area (Å²) in [6.07, 6.45) is 0.939. The fraction of sp³-hybridized carbons (Fsp3) is 0.650. The molecule has 0 unspecified atom stereocenters. The first-order valence-corrected chi connectivity index (χ1v) is 9.53. The zero-order valence-electron chi connectivity index (χ0n) is 18.2. The zero-order chi connectivity index (χ0) is 22.4. The third-order valence-corrected chi connectivity index (χ3v) is 4.19. The van der Waals surface area contributed by atoms with Gasteiger partial charge in [-0.1, -0.05) is 27.0 Å². The molecule has 0 radical (unpaired) electrons. The van der Waals surface area contributed by atoms with Crippen LogP contribution >= 0.6 is 0 Å². The van der Waals surface area contributed by atoms with Gasteiger partial charge in [0.1, 0.15) is 24.9 Å². The van der Waals surface area contributed by atoms with E-state index in [2.05, 4.69) is 18.5 Å². The summed E-state index contributed by atoms with van der Waals surface area (Å²) in [6, 6.07) is 0. The van der Waals surface area contributed by atoms with Crippen molar-refractivity contribution < 1.29 is 28.6 Å². The van der Waals surface area contributed by atoms with Gasteiger partial charge in [-0.3, -0.25) is 0 Å². The quantitative estimate of drug-likeness (QED) is 0.258. The maximum Gasteiger partial charge on any atom is 0.408 e. The van der Waals surface area contributed by atoms with Crippen molar-refractivity contribution >= 4 is 18.0 Å². The van der Waals surface area contributed by atoms with Crippen molar-refractivity contribution in [3.05, 3.63) is 25.3 Å². The van der Waals surface area contributed by atoms with Gasteiger partial charge in [0.2, 0.25) is 0 Å². The molecule has 0 bridgehead atoms. The SMILES string of the molecule is C=CC(=O)OCC(C)(COC(=O)C=C)NC(=O)OC(CN(C)CC)CN(C)CC. The van der Waals surface area contributed by atoms with Crippen LogP contribution in [0.3, 0.4) is 0 Å². The molecule has 0 atom stereocenters. The molecule has 0 saturated heterocycles. The van der Waals surface area contributed by atoms with Gasteiger partial charge in [-0.2, -0.15) is 0 Å². The highest BCUT2D eigenvalue weighted by Gasteiger charge is 2.32. The molecule has 0 rings (SSSR count). The summed E-state index contributed by atoms with van der Waals surface area (Å²) in [5.41, 5.74) is -1.19. The van der Waals surface area contributed by atoms with Crippen LogP contribution in [0, 0.1) is 0 Å². The van der Waals surface area contributed by atoms with E-state index in [1.807, 2.05) is 37.7 Å². The second kappa shape index (κ2) is 13.7. The number of carbonyl (C=O) groups is 3. The lowest BCUT2D eigenvalue weighted by molar-refractivity contribution is -0.144. The third-order valence-electron chi connectivity index (χ3n) is 4.19. The van der Waals surface area contributed by atoms with Crippen LogP contribution in [0.2, 0.25) is 0 Å². The highest BCUT2D eigenvalue weighted by molar-refractivity contribution is 5.82. The van der Waals surface area contributed by atoms with E-state index in [0.29, 0.717) is 13.1 Å². The van der Waals surface area contributed by atoms with Gasteiger partial charge in [0.15, 0.2) is 0 Å². The molecule has 0 spiro atoms. The van der Waals surface area contributed by atoms with Crippen LogP contribution in [0.4, 0.5) is 4.79 Å². The molecule has 1 amide bonds. The van der Waals surface area contributed by atoms with E-state index in [1.165, 1.54) is 0 Å². The van der Waals surface area contributed by atoms with Gasteiger partial charge >= 0.3 is 18.0 Å². The van der Waals surface area contributed by atoms with Crippen LogP contribution in [-0.2, 0) is 23.8 Å². The normalized spacial score (nSPS) is 11.3. The van der Waals surface area contributed by atoms with E-state index in [1.54, 1.807) is 6.92 Å². The topological polar surface area (TPSA) is 97.4 Å². The minimum absolute atomic E-state index is 0.230. The van der Waals surface area contributed by atoms with Gasteiger partial charge < -0.3 is 29.3 Å². The Hall–Kier alpha value is -2.39. The lowest BCUT2D eigenvalue weighted by Crippen LogP contribution is -2.55. The van der Waals surface area contributed by atoms with Gasteiger partial charge in [0.25, 0.3) is 0 Å². The van der Waals surface area contributed by atoms with Crippen molar-refractivity contribution in [3.63, 3.8) is 0 Å². The van der Waals surface area contributed by atoms with Crippen molar-refractivity contribution in [2.24, 2.45) is 0 Å². The van der Waals surface area contributed by atoms with E-state index in [-0.39, 0.29) is 19.3 Å². The molecule has 9 nitrogen and oxygen atoms in total. The molecule has 1 N–H and O–H groups in total. The summed E-state index contributed by atoms with van der Waals surface area (Å²) >= 11 is 0. The number of likely N-dealkylation sites (N-methyl/N-ethyl adjacent to an activating group) is 2. The Morgan fingerprint density at radius 1 is 0.966 bits per heavy atom. The summed E-state index contributed by atoms with van der Waals surface area (Å²) in [6.45, 7) is 14.5. The molecule has 0 aliphatic carbocycles. The van der Waals surface area contributed by atoms with Gasteiger partial charge in [0, 0.05) is 25.2 Å². The van der Waals surface area contributed by atoms with Crippen LogP contribution in [-0.4, -0.2) is 93.0 Å². The van der Waals surface area contributed by atoms with E-state index in [0.717, 1.165) is 25.2 Å². The average molecular weight is 414 g/mol. The molecule has 166 valence electrons. The lowest BCUT2D eigenvalue weighted by Gasteiger charge is -2.31. The van der Waals surface area contributed by atoms with E-state index in [4.69, 9.17) is 14.2 Å². The molecule has 0 aliphatic heterocycles. The maximum atomic E-state index is 12.5. The number of ether oxygens (including phenoxy) is 3. The molecular formula is C20H35N3O6. The summed E-state index contributed by atoms with van der Waals surface area (Å²) in [5.74, 6) is -1.32. The number of nitrogens with zero attached hydrogens (tertiary/aromatic N) is 2. The lowest BCUT2D eigenvalue weighted by atomic mass is 10.1. The maximum absolute atomic E-state index is 12.5. The van der Waals surface area contributed by atoms with Crippen molar-refractivity contribution in [1.29, 1.82) is 0 Å². The van der Waals surface area contributed by atoms with Crippen LogP contribution in [0.5, 0.6) is 0 Å². The second-order valence-electron chi connectivity index (χ2n) is 7.05. The highest BCUT2D eigenvalue weighted by atomic mass is 16.6. The van der Waals surface area contributed by atoms with Crippen LogP contribution < -0.4 is 5.32 Å². The van der Waals surface area contributed by atoms with Gasteiger partial charge in [-0.05, 0) is 34.1 Å².